The normalized spacial score (nSPS) is 12.4. The SMILES string of the molecule is Cc1nc(C)c(C(C)Nc2cccc(F)c2N)s1. The average molecular weight is 265 g/mol. The highest BCUT2D eigenvalue weighted by Crippen LogP contribution is 2.30. The fourth-order valence-electron chi connectivity index (χ4n) is 1.91. The van der Waals surface area contributed by atoms with Gasteiger partial charge in [0.05, 0.1) is 28.1 Å². The number of halogens is 1. The van der Waals surface area contributed by atoms with Crippen molar-refractivity contribution in [3.8, 4) is 0 Å². The summed E-state index contributed by atoms with van der Waals surface area (Å²) in [6, 6.07) is 4.83. The lowest BCUT2D eigenvalue weighted by Crippen LogP contribution is -2.09. The second kappa shape index (κ2) is 4.94. The number of hydrogen-bond acceptors (Lipinski definition) is 4. The van der Waals surface area contributed by atoms with E-state index in [0.717, 1.165) is 15.6 Å². The maximum atomic E-state index is 13.3. The van der Waals surface area contributed by atoms with Gasteiger partial charge in [-0.2, -0.15) is 0 Å². The number of nitrogens with zero attached hydrogens (tertiary/aromatic N) is 1. The van der Waals surface area contributed by atoms with Crippen molar-refractivity contribution >= 4 is 22.7 Å². The van der Waals surface area contributed by atoms with Crippen molar-refractivity contribution in [1.82, 2.24) is 4.98 Å². The van der Waals surface area contributed by atoms with Crippen LogP contribution in [-0.4, -0.2) is 4.98 Å². The van der Waals surface area contributed by atoms with E-state index in [4.69, 9.17) is 5.73 Å². The molecule has 0 aliphatic carbocycles. The Kier molecular flexibility index (Phi) is 3.52. The Balaban J connectivity index is 2.24. The molecular formula is C13H16FN3S. The Hall–Kier alpha value is -1.62. The predicted octanol–water partition coefficient (Wildman–Crippen LogP) is 3.65. The zero-order valence-electron chi connectivity index (χ0n) is 10.6. The van der Waals surface area contributed by atoms with Gasteiger partial charge in [0, 0.05) is 4.88 Å². The van der Waals surface area contributed by atoms with Crippen LogP contribution in [0.25, 0.3) is 0 Å². The van der Waals surface area contributed by atoms with Gasteiger partial charge in [0.1, 0.15) is 5.82 Å². The highest BCUT2D eigenvalue weighted by atomic mass is 32.1. The highest BCUT2D eigenvalue weighted by Gasteiger charge is 2.14. The fraction of sp³-hybridized carbons (Fsp3) is 0.308. The zero-order valence-corrected chi connectivity index (χ0v) is 11.4. The number of nitrogen functional groups attached to an aromatic ring is 1. The minimum Gasteiger partial charge on any atom is -0.395 e. The van der Waals surface area contributed by atoms with Gasteiger partial charge in [-0.3, -0.25) is 0 Å². The number of benzene rings is 1. The molecule has 1 heterocycles. The molecule has 5 heteroatoms. The number of hydrogen-bond donors (Lipinski definition) is 2. The average Bonchev–Trinajstić information content (AvgIpc) is 2.64. The van der Waals surface area contributed by atoms with E-state index < -0.39 is 5.82 Å². The van der Waals surface area contributed by atoms with Crippen molar-refractivity contribution in [2.24, 2.45) is 0 Å². The Morgan fingerprint density at radius 2 is 2.11 bits per heavy atom. The van der Waals surface area contributed by atoms with Crippen LogP contribution in [-0.2, 0) is 0 Å². The van der Waals surface area contributed by atoms with E-state index in [1.54, 1.807) is 23.5 Å². The Bertz CT molecular complexity index is 565. The number of anilines is 2. The third kappa shape index (κ3) is 2.46. The molecule has 1 atom stereocenters. The molecule has 1 aromatic heterocycles. The van der Waals surface area contributed by atoms with Crippen LogP contribution in [0, 0.1) is 19.7 Å². The molecule has 0 saturated carbocycles. The molecule has 0 aliphatic heterocycles. The van der Waals surface area contributed by atoms with Crippen molar-refractivity contribution in [2.75, 3.05) is 11.1 Å². The van der Waals surface area contributed by atoms with Gasteiger partial charge in [-0.15, -0.1) is 11.3 Å². The van der Waals surface area contributed by atoms with E-state index in [1.165, 1.54) is 6.07 Å². The van der Waals surface area contributed by atoms with Crippen LogP contribution in [0.15, 0.2) is 18.2 Å². The standard InChI is InChI=1S/C13H16FN3S/c1-7-13(18-9(3)16-7)8(2)17-11-6-4-5-10(14)12(11)15/h4-6,8,17H,15H2,1-3H3. The van der Waals surface area contributed by atoms with Crippen LogP contribution in [0.4, 0.5) is 15.8 Å². The van der Waals surface area contributed by atoms with Crippen LogP contribution >= 0.6 is 11.3 Å². The molecule has 0 fully saturated rings. The first kappa shape index (κ1) is 12.8. The van der Waals surface area contributed by atoms with Gasteiger partial charge >= 0.3 is 0 Å². The second-order valence-corrected chi connectivity index (χ2v) is 5.48. The fourth-order valence-corrected chi connectivity index (χ4v) is 2.84. The predicted molar refractivity (Wildman–Crippen MR) is 74.4 cm³/mol. The van der Waals surface area contributed by atoms with Crippen LogP contribution in [0.2, 0.25) is 0 Å². The highest BCUT2D eigenvalue weighted by molar-refractivity contribution is 7.11. The van der Waals surface area contributed by atoms with Crippen LogP contribution < -0.4 is 11.1 Å². The Labute approximate surface area is 110 Å². The molecule has 0 bridgehead atoms. The molecule has 96 valence electrons. The van der Waals surface area contributed by atoms with Crippen LogP contribution in [0.3, 0.4) is 0 Å². The van der Waals surface area contributed by atoms with Gasteiger partial charge in [-0.05, 0) is 32.9 Å². The second-order valence-electron chi connectivity index (χ2n) is 4.25. The topological polar surface area (TPSA) is 50.9 Å². The summed E-state index contributed by atoms with van der Waals surface area (Å²) in [6.07, 6.45) is 0. The zero-order chi connectivity index (χ0) is 13.3. The van der Waals surface area contributed by atoms with Gasteiger partial charge in [0.2, 0.25) is 0 Å². The van der Waals surface area contributed by atoms with Gasteiger partial charge in [0.15, 0.2) is 0 Å². The molecule has 3 N–H and O–H groups in total. The number of rotatable bonds is 3. The number of aryl methyl sites for hydroxylation is 2. The lowest BCUT2D eigenvalue weighted by molar-refractivity contribution is 0.632. The first-order valence-electron chi connectivity index (χ1n) is 5.73. The molecule has 3 nitrogen and oxygen atoms in total. The molecule has 0 radical (unpaired) electrons. The van der Waals surface area contributed by atoms with E-state index in [-0.39, 0.29) is 11.7 Å². The number of aromatic nitrogens is 1. The maximum Gasteiger partial charge on any atom is 0.148 e. The van der Waals surface area contributed by atoms with E-state index in [9.17, 15) is 4.39 Å². The molecule has 1 aromatic carbocycles. The lowest BCUT2D eigenvalue weighted by atomic mass is 10.2. The third-order valence-corrected chi connectivity index (χ3v) is 4.01. The summed E-state index contributed by atoms with van der Waals surface area (Å²) in [4.78, 5) is 5.54. The monoisotopic (exact) mass is 265 g/mol. The van der Waals surface area contributed by atoms with Crippen molar-refractivity contribution in [3.05, 3.63) is 39.6 Å². The Morgan fingerprint density at radius 3 is 2.72 bits per heavy atom. The van der Waals surface area contributed by atoms with Crippen molar-refractivity contribution in [1.29, 1.82) is 0 Å². The number of nitrogens with one attached hydrogen (secondary N) is 1. The Morgan fingerprint density at radius 1 is 1.39 bits per heavy atom. The number of para-hydroxylation sites is 1. The summed E-state index contributed by atoms with van der Waals surface area (Å²) in [7, 11) is 0. The third-order valence-electron chi connectivity index (χ3n) is 2.76. The summed E-state index contributed by atoms with van der Waals surface area (Å²) in [5.74, 6) is -0.399. The lowest BCUT2D eigenvalue weighted by Gasteiger charge is -2.16. The summed E-state index contributed by atoms with van der Waals surface area (Å²) in [5.41, 5.74) is 7.48. The number of nitrogens with two attached hydrogens (primary N) is 1. The molecule has 0 aliphatic rings. The minimum absolute atomic E-state index is 0.0558. The maximum absolute atomic E-state index is 13.3. The number of thiazole rings is 1. The van der Waals surface area contributed by atoms with Gasteiger partial charge in [-0.25, -0.2) is 9.37 Å². The van der Waals surface area contributed by atoms with Gasteiger partial charge in [0.25, 0.3) is 0 Å². The van der Waals surface area contributed by atoms with Crippen molar-refractivity contribution in [2.45, 2.75) is 26.8 Å². The van der Waals surface area contributed by atoms with Gasteiger partial charge < -0.3 is 11.1 Å². The van der Waals surface area contributed by atoms with Crippen LogP contribution in [0.1, 0.15) is 28.5 Å². The molecule has 0 amide bonds. The van der Waals surface area contributed by atoms with Crippen molar-refractivity contribution < 1.29 is 4.39 Å². The molecular weight excluding hydrogens is 249 g/mol. The molecule has 0 saturated heterocycles. The molecule has 2 rings (SSSR count). The van der Waals surface area contributed by atoms with Crippen LogP contribution in [0.5, 0.6) is 0 Å². The summed E-state index contributed by atoms with van der Waals surface area (Å²) in [6.45, 7) is 5.97. The van der Waals surface area contributed by atoms with E-state index in [1.807, 2.05) is 20.8 Å². The largest absolute Gasteiger partial charge is 0.395 e. The summed E-state index contributed by atoms with van der Waals surface area (Å²) in [5, 5.41) is 4.26. The minimum atomic E-state index is -0.399. The molecule has 18 heavy (non-hydrogen) atoms. The smallest absolute Gasteiger partial charge is 0.148 e. The first-order chi connectivity index (χ1) is 8.49. The molecule has 1 unspecified atom stereocenters. The summed E-state index contributed by atoms with van der Waals surface area (Å²) >= 11 is 1.64. The first-order valence-corrected chi connectivity index (χ1v) is 6.55. The summed E-state index contributed by atoms with van der Waals surface area (Å²) < 4.78 is 13.3. The van der Waals surface area contributed by atoms with E-state index >= 15 is 0 Å². The molecule has 2 aromatic rings. The quantitative estimate of drug-likeness (QED) is 0.833. The van der Waals surface area contributed by atoms with E-state index in [2.05, 4.69) is 10.3 Å². The van der Waals surface area contributed by atoms with Crippen molar-refractivity contribution in [3.63, 3.8) is 0 Å². The molecule has 0 spiro atoms. The van der Waals surface area contributed by atoms with E-state index in [0.29, 0.717) is 5.69 Å². The van der Waals surface area contributed by atoms with Gasteiger partial charge in [-0.1, -0.05) is 6.07 Å².